The van der Waals surface area contributed by atoms with Crippen molar-refractivity contribution in [3.05, 3.63) is 94.5 Å². The van der Waals surface area contributed by atoms with Gasteiger partial charge in [-0.1, -0.05) is 58.4 Å². The van der Waals surface area contributed by atoms with E-state index in [0.717, 1.165) is 4.47 Å². The summed E-state index contributed by atoms with van der Waals surface area (Å²) in [6.07, 6.45) is -0.717. The van der Waals surface area contributed by atoms with Crippen molar-refractivity contribution in [2.45, 2.75) is 13.0 Å². The lowest BCUT2D eigenvalue weighted by Crippen LogP contribution is -2.30. The quantitative estimate of drug-likeness (QED) is 0.561. The number of para-hydroxylation sites is 1. The molecule has 0 bridgehead atoms. The number of hydrogen-bond acceptors (Lipinski definition) is 3. The molecule has 1 N–H and O–H groups in total. The van der Waals surface area contributed by atoms with E-state index < -0.39 is 6.10 Å². The number of rotatable bonds is 6. The maximum Gasteiger partial charge on any atom is 0.265 e. The highest BCUT2D eigenvalue weighted by Crippen LogP contribution is 2.21. The fourth-order valence-electron chi connectivity index (χ4n) is 2.54. The van der Waals surface area contributed by atoms with E-state index in [0.29, 0.717) is 22.6 Å². The van der Waals surface area contributed by atoms with E-state index in [-0.39, 0.29) is 11.7 Å². The summed E-state index contributed by atoms with van der Waals surface area (Å²) in [4.78, 5) is 25.3. The molecule has 0 aliphatic heterocycles. The number of halogens is 1. The molecule has 0 aliphatic carbocycles. The molecule has 0 spiro atoms. The summed E-state index contributed by atoms with van der Waals surface area (Å²) in [5, 5.41) is 2.80. The molecular weight excluding hydrogens is 406 g/mol. The molecule has 0 saturated heterocycles. The van der Waals surface area contributed by atoms with Crippen LogP contribution in [-0.2, 0) is 4.79 Å². The summed E-state index contributed by atoms with van der Waals surface area (Å²) in [6, 6.07) is 23.2. The van der Waals surface area contributed by atoms with Crippen molar-refractivity contribution in [2.24, 2.45) is 0 Å². The van der Waals surface area contributed by atoms with Crippen LogP contribution in [0, 0.1) is 0 Å². The lowest BCUT2D eigenvalue weighted by molar-refractivity contribution is -0.122. The molecular formula is C22H18BrNO3. The average Bonchev–Trinajstić information content (AvgIpc) is 2.70. The maximum atomic E-state index is 12.8. The van der Waals surface area contributed by atoms with Crippen LogP contribution in [0.2, 0.25) is 0 Å². The first-order valence-electron chi connectivity index (χ1n) is 8.46. The summed E-state index contributed by atoms with van der Waals surface area (Å²) in [5.74, 6) is 0.119. The van der Waals surface area contributed by atoms with E-state index in [4.69, 9.17) is 4.74 Å². The Labute approximate surface area is 166 Å². The fraction of sp³-hybridized carbons (Fsp3) is 0.0909. The Morgan fingerprint density at radius 3 is 2.22 bits per heavy atom. The molecule has 0 aromatic heterocycles. The van der Waals surface area contributed by atoms with Crippen LogP contribution in [0.15, 0.2) is 83.3 Å². The van der Waals surface area contributed by atoms with Crippen LogP contribution in [0.5, 0.6) is 5.75 Å². The average molecular weight is 424 g/mol. The summed E-state index contributed by atoms with van der Waals surface area (Å²) in [6.45, 7) is 1.67. The van der Waals surface area contributed by atoms with Gasteiger partial charge < -0.3 is 10.1 Å². The van der Waals surface area contributed by atoms with Crippen molar-refractivity contribution in [1.82, 2.24) is 0 Å². The molecule has 0 saturated carbocycles. The molecule has 3 aromatic carbocycles. The third kappa shape index (κ3) is 4.83. The number of carbonyl (C=O) groups excluding carboxylic acids is 2. The molecule has 0 heterocycles. The Kier molecular flexibility index (Phi) is 6.04. The van der Waals surface area contributed by atoms with Gasteiger partial charge in [-0.25, -0.2) is 0 Å². The molecule has 136 valence electrons. The SMILES string of the molecule is C[C@@H](Oc1ccc(Br)cc1)C(=O)Nc1ccccc1C(=O)c1ccccc1. The number of anilines is 1. The first kappa shape index (κ1) is 18.9. The minimum atomic E-state index is -0.717. The van der Waals surface area contributed by atoms with Crippen molar-refractivity contribution >= 4 is 33.3 Å². The number of benzene rings is 3. The smallest absolute Gasteiger partial charge is 0.265 e. The second-order valence-corrected chi connectivity index (χ2v) is 6.86. The monoisotopic (exact) mass is 423 g/mol. The zero-order valence-corrected chi connectivity index (χ0v) is 16.3. The molecule has 27 heavy (non-hydrogen) atoms. The molecule has 1 atom stereocenters. The Hall–Kier alpha value is -2.92. The molecule has 4 nitrogen and oxygen atoms in total. The van der Waals surface area contributed by atoms with Gasteiger partial charge in [-0.3, -0.25) is 9.59 Å². The van der Waals surface area contributed by atoms with Crippen LogP contribution in [-0.4, -0.2) is 17.8 Å². The van der Waals surface area contributed by atoms with Gasteiger partial charge in [0.25, 0.3) is 5.91 Å². The third-order valence-corrected chi connectivity index (χ3v) is 4.49. The lowest BCUT2D eigenvalue weighted by Gasteiger charge is -2.16. The van der Waals surface area contributed by atoms with Gasteiger partial charge in [0.1, 0.15) is 5.75 Å². The van der Waals surface area contributed by atoms with Crippen molar-refractivity contribution in [3.63, 3.8) is 0 Å². The Morgan fingerprint density at radius 1 is 0.889 bits per heavy atom. The van der Waals surface area contributed by atoms with Crippen LogP contribution < -0.4 is 10.1 Å². The minimum absolute atomic E-state index is 0.145. The summed E-state index contributed by atoms with van der Waals surface area (Å²) >= 11 is 3.36. The number of ketones is 1. The number of ether oxygens (including phenoxy) is 1. The van der Waals surface area contributed by atoms with Gasteiger partial charge >= 0.3 is 0 Å². The van der Waals surface area contributed by atoms with E-state index in [2.05, 4.69) is 21.2 Å². The van der Waals surface area contributed by atoms with Gasteiger partial charge in [-0.15, -0.1) is 0 Å². The van der Waals surface area contributed by atoms with Crippen molar-refractivity contribution < 1.29 is 14.3 Å². The van der Waals surface area contributed by atoms with E-state index in [1.54, 1.807) is 55.5 Å². The molecule has 0 radical (unpaired) electrons. The fourth-order valence-corrected chi connectivity index (χ4v) is 2.80. The van der Waals surface area contributed by atoms with Gasteiger partial charge in [0.2, 0.25) is 0 Å². The number of nitrogens with one attached hydrogen (secondary N) is 1. The van der Waals surface area contributed by atoms with Crippen molar-refractivity contribution in [2.75, 3.05) is 5.32 Å². The lowest BCUT2D eigenvalue weighted by atomic mass is 10.0. The van der Waals surface area contributed by atoms with Crippen LogP contribution in [0.3, 0.4) is 0 Å². The highest BCUT2D eigenvalue weighted by molar-refractivity contribution is 9.10. The first-order chi connectivity index (χ1) is 13.0. The number of amides is 1. The molecule has 0 aliphatic rings. The first-order valence-corrected chi connectivity index (χ1v) is 9.26. The Morgan fingerprint density at radius 2 is 1.52 bits per heavy atom. The predicted molar refractivity (Wildman–Crippen MR) is 109 cm³/mol. The Balaban J connectivity index is 1.74. The Bertz CT molecular complexity index is 939. The van der Waals surface area contributed by atoms with Crippen molar-refractivity contribution in [3.8, 4) is 5.75 Å². The van der Waals surface area contributed by atoms with Gasteiger partial charge in [0.05, 0.1) is 5.69 Å². The predicted octanol–water partition coefficient (Wildman–Crippen LogP) is 5.09. The van der Waals surface area contributed by atoms with Gasteiger partial charge in [-0.05, 0) is 43.3 Å². The van der Waals surface area contributed by atoms with Gasteiger partial charge in [0, 0.05) is 15.6 Å². The largest absolute Gasteiger partial charge is 0.481 e. The number of carbonyl (C=O) groups is 2. The normalized spacial score (nSPS) is 11.5. The highest BCUT2D eigenvalue weighted by Gasteiger charge is 2.19. The van der Waals surface area contributed by atoms with Crippen LogP contribution in [0.1, 0.15) is 22.8 Å². The zero-order chi connectivity index (χ0) is 19.2. The molecule has 5 heteroatoms. The van der Waals surface area contributed by atoms with Crippen LogP contribution in [0.25, 0.3) is 0 Å². The summed E-state index contributed by atoms with van der Waals surface area (Å²) in [5.41, 5.74) is 1.47. The maximum absolute atomic E-state index is 12.8. The van der Waals surface area contributed by atoms with Crippen molar-refractivity contribution in [1.29, 1.82) is 0 Å². The van der Waals surface area contributed by atoms with Gasteiger partial charge in [0.15, 0.2) is 11.9 Å². The van der Waals surface area contributed by atoms with E-state index in [9.17, 15) is 9.59 Å². The zero-order valence-electron chi connectivity index (χ0n) is 14.7. The van der Waals surface area contributed by atoms with E-state index in [1.165, 1.54) is 0 Å². The van der Waals surface area contributed by atoms with Crippen LogP contribution >= 0.6 is 15.9 Å². The molecule has 3 aromatic rings. The van der Waals surface area contributed by atoms with E-state index >= 15 is 0 Å². The summed E-state index contributed by atoms with van der Waals surface area (Å²) < 4.78 is 6.60. The molecule has 0 fully saturated rings. The molecule has 1 amide bonds. The standard InChI is InChI=1S/C22H18BrNO3/c1-15(27-18-13-11-17(23)12-14-18)22(26)24-20-10-6-5-9-19(20)21(25)16-7-3-2-4-8-16/h2-15H,1H3,(H,24,26)/t15-/m1/s1. The summed E-state index contributed by atoms with van der Waals surface area (Å²) in [7, 11) is 0. The number of hydrogen-bond donors (Lipinski definition) is 1. The second kappa shape index (κ2) is 8.64. The highest BCUT2D eigenvalue weighted by atomic mass is 79.9. The van der Waals surface area contributed by atoms with E-state index in [1.807, 2.05) is 30.3 Å². The molecule has 3 rings (SSSR count). The third-order valence-electron chi connectivity index (χ3n) is 3.96. The minimum Gasteiger partial charge on any atom is -0.481 e. The van der Waals surface area contributed by atoms with Crippen LogP contribution in [0.4, 0.5) is 5.69 Å². The second-order valence-electron chi connectivity index (χ2n) is 5.94. The van der Waals surface area contributed by atoms with Gasteiger partial charge in [-0.2, -0.15) is 0 Å². The topological polar surface area (TPSA) is 55.4 Å². The molecule has 0 unspecified atom stereocenters.